The van der Waals surface area contributed by atoms with Crippen LogP contribution in [0.5, 0.6) is 0 Å². The fourth-order valence-corrected chi connectivity index (χ4v) is 3.05. The third-order valence-electron chi connectivity index (χ3n) is 4.39. The van der Waals surface area contributed by atoms with Gasteiger partial charge in [0.05, 0.1) is 17.1 Å². The summed E-state index contributed by atoms with van der Waals surface area (Å²) in [6.07, 6.45) is 3.51. The summed E-state index contributed by atoms with van der Waals surface area (Å²) in [5, 5.41) is 13.4. The molecule has 28 heavy (non-hydrogen) atoms. The van der Waals surface area contributed by atoms with Gasteiger partial charge in [0.1, 0.15) is 5.82 Å². The zero-order valence-electron chi connectivity index (χ0n) is 15.7. The molecular formula is C23H19N5. The molecule has 0 radical (unpaired) electrons. The first kappa shape index (κ1) is 17.6. The maximum atomic E-state index is 9.00. The highest BCUT2D eigenvalue weighted by Gasteiger charge is 2.12. The lowest BCUT2D eigenvalue weighted by Gasteiger charge is -2.14. The van der Waals surface area contributed by atoms with Gasteiger partial charge in [-0.15, -0.1) is 0 Å². The normalized spacial score (nSPS) is 10.8. The molecule has 0 saturated heterocycles. The van der Waals surface area contributed by atoms with Gasteiger partial charge in [-0.3, -0.25) is 4.98 Å². The Kier molecular flexibility index (Phi) is 4.69. The van der Waals surface area contributed by atoms with E-state index in [-0.39, 0.29) is 6.04 Å². The molecule has 0 saturated carbocycles. The smallest absolute Gasteiger partial charge is 0.163 e. The second-order valence-corrected chi connectivity index (χ2v) is 6.86. The summed E-state index contributed by atoms with van der Waals surface area (Å²) < 4.78 is 0. The standard InChI is InChI=1S/C23H19N5/c1-15(2)26-23-20-12-18(17-7-5-16(13-24)6-8-17)9-10-21(20)27-22(28-23)19-4-3-11-25-14-19/h3-12,14-15H,1-2H3,(H,26,27,28). The molecule has 0 fully saturated rings. The van der Waals surface area contributed by atoms with Crippen LogP contribution in [0.2, 0.25) is 0 Å². The van der Waals surface area contributed by atoms with Gasteiger partial charge in [0, 0.05) is 29.4 Å². The topological polar surface area (TPSA) is 74.5 Å². The van der Waals surface area contributed by atoms with Gasteiger partial charge in [-0.25, -0.2) is 9.97 Å². The predicted octanol–water partition coefficient (Wildman–Crippen LogP) is 5.05. The molecule has 0 aliphatic carbocycles. The molecule has 0 aliphatic rings. The molecule has 5 heteroatoms. The van der Waals surface area contributed by atoms with Crippen LogP contribution in [-0.4, -0.2) is 21.0 Å². The summed E-state index contributed by atoms with van der Waals surface area (Å²) >= 11 is 0. The van der Waals surface area contributed by atoms with Gasteiger partial charge in [-0.1, -0.05) is 18.2 Å². The predicted molar refractivity (Wildman–Crippen MR) is 112 cm³/mol. The first-order valence-corrected chi connectivity index (χ1v) is 9.13. The van der Waals surface area contributed by atoms with E-state index in [1.54, 1.807) is 12.4 Å². The Morgan fingerprint density at radius 3 is 2.39 bits per heavy atom. The molecule has 4 aromatic rings. The molecule has 0 unspecified atom stereocenters. The molecule has 0 aliphatic heterocycles. The Morgan fingerprint density at radius 1 is 0.929 bits per heavy atom. The summed E-state index contributed by atoms with van der Waals surface area (Å²) in [7, 11) is 0. The van der Waals surface area contributed by atoms with Gasteiger partial charge in [0.15, 0.2) is 5.82 Å². The van der Waals surface area contributed by atoms with Gasteiger partial charge in [0.25, 0.3) is 0 Å². The van der Waals surface area contributed by atoms with Crippen LogP contribution in [0.25, 0.3) is 33.4 Å². The van der Waals surface area contributed by atoms with E-state index in [1.807, 2.05) is 48.5 Å². The van der Waals surface area contributed by atoms with E-state index < -0.39 is 0 Å². The van der Waals surface area contributed by atoms with Crippen LogP contribution in [-0.2, 0) is 0 Å². The Bertz CT molecular complexity index is 1160. The lowest BCUT2D eigenvalue weighted by atomic mass is 10.0. The van der Waals surface area contributed by atoms with E-state index >= 15 is 0 Å². The maximum absolute atomic E-state index is 9.00. The summed E-state index contributed by atoms with van der Waals surface area (Å²) in [5.74, 6) is 1.45. The fourth-order valence-electron chi connectivity index (χ4n) is 3.05. The summed E-state index contributed by atoms with van der Waals surface area (Å²) in [5.41, 5.74) is 4.51. The molecule has 2 heterocycles. The number of anilines is 1. The summed E-state index contributed by atoms with van der Waals surface area (Å²) in [6, 6.07) is 19.9. The average Bonchev–Trinajstić information content (AvgIpc) is 2.73. The van der Waals surface area contributed by atoms with Crippen LogP contribution in [0.15, 0.2) is 67.0 Å². The first-order valence-electron chi connectivity index (χ1n) is 9.13. The van der Waals surface area contributed by atoms with E-state index in [0.29, 0.717) is 11.4 Å². The first-order chi connectivity index (χ1) is 13.6. The van der Waals surface area contributed by atoms with E-state index in [4.69, 9.17) is 15.2 Å². The van der Waals surface area contributed by atoms with Gasteiger partial charge in [0.2, 0.25) is 0 Å². The molecule has 2 aromatic heterocycles. The van der Waals surface area contributed by atoms with Crippen LogP contribution in [0.4, 0.5) is 5.82 Å². The van der Waals surface area contributed by atoms with Gasteiger partial charge < -0.3 is 5.32 Å². The van der Waals surface area contributed by atoms with Crippen molar-refractivity contribution in [2.75, 3.05) is 5.32 Å². The van der Waals surface area contributed by atoms with Crippen LogP contribution < -0.4 is 5.32 Å². The molecule has 1 N–H and O–H groups in total. The highest BCUT2D eigenvalue weighted by atomic mass is 15.0. The zero-order valence-corrected chi connectivity index (χ0v) is 15.7. The number of benzene rings is 2. The molecular weight excluding hydrogens is 346 g/mol. The van der Waals surface area contributed by atoms with Gasteiger partial charge in [-0.2, -0.15) is 5.26 Å². The van der Waals surface area contributed by atoms with Crippen molar-refractivity contribution in [2.24, 2.45) is 0 Å². The summed E-state index contributed by atoms with van der Waals surface area (Å²) in [6.45, 7) is 4.17. The van der Waals surface area contributed by atoms with Crippen molar-refractivity contribution in [1.82, 2.24) is 15.0 Å². The third kappa shape index (κ3) is 3.53. The number of fused-ring (bicyclic) bond motifs is 1. The van der Waals surface area contributed by atoms with Crippen molar-refractivity contribution >= 4 is 16.7 Å². The van der Waals surface area contributed by atoms with E-state index in [2.05, 4.69) is 36.3 Å². The van der Waals surface area contributed by atoms with Crippen LogP contribution in [0.1, 0.15) is 19.4 Å². The highest BCUT2D eigenvalue weighted by Crippen LogP contribution is 2.30. The van der Waals surface area contributed by atoms with Crippen molar-refractivity contribution in [3.63, 3.8) is 0 Å². The second kappa shape index (κ2) is 7.45. The van der Waals surface area contributed by atoms with Gasteiger partial charge in [-0.05, 0) is 61.4 Å². The largest absolute Gasteiger partial charge is 0.367 e. The number of aromatic nitrogens is 3. The van der Waals surface area contributed by atoms with Crippen LogP contribution in [0, 0.1) is 11.3 Å². The quantitative estimate of drug-likeness (QED) is 0.548. The van der Waals surface area contributed by atoms with Crippen molar-refractivity contribution in [1.29, 1.82) is 5.26 Å². The van der Waals surface area contributed by atoms with Crippen LogP contribution in [0.3, 0.4) is 0 Å². The molecule has 136 valence electrons. The second-order valence-electron chi connectivity index (χ2n) is 6.86. The molecule has 5 nitrogen and oxygen atoms in total. The number of rotatable bonds is 4. The monoisotopic (exact) mass is 365 g/mol. The molecule has 4 rings (SSSR count). The maximum Gasteiger partial charge on any atom is 0.163 e. The number of pyridine rings is 1. The number of nitrogens with one attached hydrogen (secondary N) is 1. The van der Waals surface area contributed by atoms with E-state index in [9.17, 15) is 0 Å². The number of nitrogens with zero attached hydrogens (tertiary/aromatic N) is 4. The minimum atomic E-state index is 0.235. The zero-order chi connectivity index (χ0) is 19.5. The molecule has 0 spiro atoms. The third-order valence-corrected chi connectivity index (χ3v) is 4.39. The minimum Gasteiger partial charge on any atom is -0.367 e. The lowest BCUT2D eigenvalue weighted by molar-refractivity contribution is 0.891. The number of hydrogen-bond acceptors (Lipinski definition) is 5. The van der Waals surface area contributed by atoms with Crippen molar-refractivity contribution in [3.05, 3.63) is 72.6 Å². The Morgan fingerprint density at radius 2 is 1.71 bits per heavy atom. The van der Waals surface area contributed by atoms with Crippen LogP contribution >= 0.6 is 0 Å². The fraction of sp³-hybridized carbons (Fsp3) is 0.130. The Hall–Kier alpha value is -3.78. The molecule has 0 bridgehead atoms. The van der Waals surface area contributed by atoms with Gasteiger partial charge >= 0.3 is 0 Å². The number of hydrogen-bond donors (Lipinski definition) is 1. The Labute approximate surface area is 163 Å². The minimum absolute atomic E-state index is 0.235. The van der Waals surface area contributed by atoms with Crippen molar-refractivity contribution in [3.8, 4) is 28.6 Å². The van der Waals surface area contributed by atoms with E-state index in [1.165, 1.54) is 0 Å². The lowest BCUT2D eigenvalue weighted by Crippen LogP contribution is -2.12. The summed E-state index contributed by atoms with van der Waals surface area (Å²) in [4.78, 5) is 13.7. The van der Waals surface area contributed by atoms with E-state index in [0.717, 1.165) is 33.4 Å². The van der Waals surface area contributed by atoms with Crippen molar-refractivity contribution < 1.29 is 0 Å². The SMILES string of the molecule is CC(C)Nc1nc(-c2cccnc2)nc2ccc(-c3ccc(C#N)cc3)cc12. The Balaban J connectivity index is 1.86. The molecule has 0 amide bonds. The number of nitriles is 1. The highest BCUT2D eigenvalue weighted by molar-refractivity contribution is 5.94. The average molecular weight is 365 g/mol. The molecule has 2 aromatic carbocycles. The van der Waals surface area contributed by atoms with Crippen molar-refractivity contribution in [2.45, 2.75) is 19.9 Å². The molecule has 0 atom stereocenters.